The van der Waals surface area contributed by atoms with Crippen molar-refractivity contribution in [2.24, 2.45) is 0 Å². The minimum absolute atomic E-state index is 0.108. The normalized spacial score (nSPS) is 11.0. The van der Waals surface area contributed by atoms with Gasteiger partial charge < -0.3 is 14.2 Å². The van der Waals surface area contributed by atoms with Crippen molar-refractivity contribution in [1.82, 2.24) is 4.90 Å². The van der Waals surface area contributed by atoms with Gasteiger partial charge in [-0.2, -0.15) is 0 Å². The number of nitrogens with zero attached hydrogens (tertiary/aromatic N) is 2. The van der Waals surface area contributed by atoms with Crippen molar-refractivity contribution in [3.05, 3.63) is 52.4 Å². The molecule has 1 amide bonds. The summed E-state index contributed by atoms with van der Waals surface area (Å²) in [5.74, 6) is 1.01. The van der Waals surface area contributed by atoms with Crippen LogP contribution in [0.25, 0.3) is 0 Å². The van der Waals surface area contributed by atoms with Gasteiger partial charge in [0.1, 0.15) is 5.76 Å². The zero-order chi connectivity index (χ0) is 16.8. The van der Waals surface area contributed by atoms with Gasteiger partial charge in [0.25, 0.3) is 5.91 Å². The molecule has 0 bridgehead atoms. The number of halogens is 1. The first-order valence-electron chi connectivity index (χ1n) is 7.91. The molecule has 4 nitrogen and oxygen atoms in total. The summed E-state index contributed by atoms with van der Waals surface area (Å²) >= 11 is 3.48. The second-order valence-corrected chi connectivity index (χ2v) is 6.29. The Balaban J connectivity index is 2.25. The van der Waals surface area contributed by atoms with E-state index in [9.17, 15) is 4.79 Å². The van der Waals surface area contributed by atoms with E-state index >= 15 is 0 Å². The van der Waals surface area contributed by atoms with Gasteiger partial charge in [-0.05, 0) is 50.3 Å². The first-order valence-corrected chi connectivity index (χ1v) is 8.70. The second-order valence-electron chi connectivity index (χ2n) is 5.37. The minimum Gasteiger partial charge on any atom is -0.456 e. The van der Waals surface area contributed by atoms with Crippen LogP contribution in [0.4, 0.5) is 5.69 Å². The number of hydrogen-bond donors (Lipinski definition) is 0. The molecule has 0 N–H and O–H groups in total. The lowest BCUT2D eigenvalue weighted by Crippen LogP contribution is -2.38. The summed E-state index contributed by atoms with van der Waals surface area (Å²) in [5, 5.41) is 0. The van der Waals surface area contributed by atoms with Gasteiger partial charge in [0.05, 0.1) is 0 Å². The highest BCUT2D eigenvalue weighted by molar-refractivity contribution is 9.10. The zero-order valence-electron chi connectivity index (χ0n) is 13.9. The lowest BCUT2D eigenvalue weighted by atomic mass is 10.2. The molecule has 2 aromatic rings. The summed E-state index contributed by atoms with van der Waals surface area (Å²) in [4.78, 5) is 16.9. The molecule has 0 radical (unpaired) electrons. The van der Waals surface area contributed by atoms with E-state index in [0.717, 1.165) is 35.6 Å². The number of likely N-dealkylation sites (N-methyl/N-ethyl adjacent to an activating group) is 1. The summed E-state index contributed by atoms with van der Waals surface area (Å²) < 4.78 is 6.47. The fourth-order valence-electron chi connectivity index (χ4n) is 2.46. The molecule has 0 aliphatic heterocycles. The maximum absolute atomic E-state index is 12.9. The summed E-state index contributed by atoms with van der Waals surface area (Å²) in [6, 6.07) is 11.3. The zero-order valence-corrected chi connectivity index (χ0v) is 15.5. The predicted octanol–water partition coefficient (Wildman–Crippen LogP) is 4.34. The van der Waals surface area contributed by atoms with Crippen molar-refractivity contribution >= 4 is 27.5 Å². The number of amides is 1. The Hall–Kier alpha value is -1.59. The van der Waals surface area contributed by atoms with Crippen molar-refractivity contribution in [1.29, 1.82) is 0 Å². The molecule has 5 heteroatoms. The smallest absolute Gasteiger partial charge is 0.294 e. The number of hydrogen-bond acceptors (Lipinski definition) is 3. The van der Waals surface area contributed by atoms with Gasteiger partial charge in [0.2, 0.25) is 0 Å². The van der Waals surface area contributed by atoms with E-state index in [4.69, 9.17) is 4.42 Å². The number of furan rings is 1. The molecule has 0 fully saturated rings. The number of carbonyl (C=O) groups is 1. The Bertz CT molecular complexity index is 650. The van der Waals surface area contributed by atoms with Crippen molar-refractivity contribution in [3.63, 3.8) is 0 Å². The first-order chi connectivity index (χ1) is 11.0. The fourth-order valence-corrected chi connectivity index (χ4v) is 2.84. The molecular weight excluding hydrogens is 356 g/mol. The number of benzene rings is 1. The van der Waals surface area contributed by atoms with Gasteiger partial charge in [0, 0.05) is 23.2 Å². The highest BCUT2D eigenvalue weighted by Gasteiger charge is 2.21. The fraction of sp³-hybridized carbons (Fsp3) is 0.389. The topological polar surface area (TPSA) is 36.7 Å². The Morgan fingerprint density at radius 3 is 2.43 bits per heavy atom. The predicted molar refractivity (Wildman–Crippen MR) is 97.1 cm³/mol. The molecule has 0 spiro atoms. The second kappa shape index (κ2) is 8.31. The number of rotatable bonds is 7. The molecule has 0 saturated heterocycles. The molecule has 1 heterocycles. The van der Waals surface area contributed by atoms with Gasteiger partial charge in [-0.15, -0.1) is 0 Å². The Morgan fingerprint density at radius 2 is 1.87 bits per heavy atom. The van der Waals surface area contributed by atoms with Crippen molar-refractivity contribution in [2.75, 3.05) is 31.1 Å². The first kappa shape index (κ1) is 17.8. The molecule has 1 aromatic heterocycles. The summed E-state index contributed by atoms with van der Waals surface area (Å²) in [7, 11) is 0. The van der Waals surface area contributed by atoms with E-state index < -0.39 is 0 Å². The molecule has 1 aromatic carbocycles. The van der Waals surface area contributed by atoms with Crippen LogP contribution in [0, 0.1) is 6.92 Å². The van der Waals surface area contributed by atoms with Gasteiger partial charge in [-0.1, -0.05) is 35.8 Å². The van der Waals surface area contributed by atoms with Crippen LogP contribution in [0.15, 0.2) is 45.3 Å². The highest BCUT2D eigenvalue weighted by Crippen LogP contribution is 2.22. The van der Waals surface area contributed by atoms with Crippen LogP contribution in [0.1, 0.15) is 30.2 Å². The number of aryl methyl sites for hydroxylation is 1. The molecule has 124 valence electrons. The van der Waals surface area contributed by atoms with Gasteiger partial charge >= 0.3 is 0 Å². The largest absolute Gasteiger partial charge is 0.456 e. The Kier molecular flexibility index (Phi) is 6.42. The summed E-state index contributed by atoms with van der Waals surface area (Å²) in [5.41, 5.74) is 0.866. The van der Waals surface area contributed by atoms with Gasteiger partial charge in [-0.25, -0.2) is 0 Å². The van der Waals surface area contributed by atoms with E-state index in [2.05, 4.69) is 34.7 Å². The molecule has 0 aliphatic rings. The van der Waals surface area contributed by atoms with Crippen molar-refractivity contribution in [3.8, 4) is 0 Å². The lowest BCUT2D eigenvalue weighted by molar-refractivity contribution is 0.0956. The molecule has 0 atom stereocenters. The minimum atomic E-state index is -0.108. The Labute approximate surface area is 146 Å². The van der Waals surface area contributed by atoms with Gasteiger partial charge in [-0.3, -0.25) is 4.79 Å². The van der Waals surface area contributed by atoms with E-state index in [1.165, 1.54) is 0 Å². The van der Waals surface area contributed by atoms with E-state index in [1.54, 1.807) is 11.0 Å². The van der Waals surface area contributed by atoms with Crippen LogP contribution in [-0.2, 0) is 0 Å². The molecule has 0 saturated carbocycles. The van der Waals surface area contributed by atoms with Crippen LogP contribution < -0.4 is 4.90 Å². The maximum Gasteiger partial charge on any atom is 0.294 e. The van der Waals surface area contributed by atoms with Gasteiger partial charge in [0.15, 0.2) is 5.76 Å². The third-order valence-corrected chi connectivity index (χ3v) is 4.34. The average Bonchev–Trinajstić information content (AvgIpc) is 2.98. The quantitative estimate of drug-likeness (QED) is 0.718. The third-order valence-electron chi connectivity index (χ3n) is 3.85. The Morgan fingerprint density at radius 1 is 1.13 bits per heavy atom. The van der Waals surface area contributed by atoms with E-state index in [1.807, 2.05) is 37.3 Å². The van der Waals surface area contributed by atoms with Crippen molar-refractivity contribution < 1.29 is 9.21 Å². The van der Waals surface area contributed by atoms with Crippen LogP contribution in [0.2, 0.25) is 0 Å². The monoisotopic (exact) mass is 378 g/mol. The van der Waals surface area contributed by atoms with Crippen LogP contribution in [0.5, 0.6) is 0 Å². The molecule has 2 rings (SSSR count). The average molecular weight is 379 g/mol. The lowest BCUT2D eigenvalue weighted by Gasteiger charge is -2.26. The van der Waals surface area contributed by atoms with Crippen LogP contribution in [0.3, 0.4) is 0 Å². The van der Waals surface area contributed by atoms with Crippen molar-refractivity contribution in [2.45, 2.75) is 20.8 Å². The SMILES string of the molecule is CCN(CC)CCN(C(=O)c1ccc(C)o1)c1cccc(Br)c1. The molecular formula is C18H23BrN2O2. The third kappa shape index (κ3) is 4.69. The standard InChI is InChI=1S/C18H23BrN2O2/c1-4-20(5-2)11-12-21(16-8-6-7-15(19)13-16)18(22)17-10-9-14(3)23-17/h6-10,13H,4-5,11-12H2,1-3H3. The molecule has 0 unspecified atom stereocenters. The van der Waals surface area contributed by atoms with Crippen LogP contribution in [-0.4, -0.2) is 37.0 Å². The van der Waals surface area contributed by atoms with E-state index in [0.29, 0.717) is 12.3 Å². The maximum atomic E-state index is 12.9. The molecule has 0 aliphatic carbocycles. The molecule has 23 heavy (non-hydrogen) atoms. The summed E-state index contributed by atoms with van der Waals surface area (Å²) in [6.45, 7) is 9.49. The summed E-state index contributed by atoms with van der Waals surface area (Å²) in [6.07, 6.45) is 0. The van der Waals surface area contributed by atoms with Crippen LogP contribution >= 0.6 is 15.9 Å². The van der Waals surface area contributed by atoms with E-state index in [-0.39, 0.29) is 5.91 Å². The number of carbonyl (C=O) groups excluding carboxylic acids is 1. The number of anilines is 1. The highest BCUT2D eigenvalue weighted by atomic mass is 79.9.